The Hall–Kier alpha value is -2.47. The molecule has 256 valence electrons. The Bertz CT molecular complexity index is 1670. The third kappa shape index (κ3) is 8.40. The Morgan fingerprint density at radius 3 is 2.55 bits per heavy atom. The number of aryl methyl sites for hydroxylation is 2. The van der Waals surface area contributed by atoms with Crippen LogP contribution in [0, 0.1) is 19.8 Å². The largest absolute Gasteiger partial charge is 0.487 e. The summed E-state index contributed by atoms with van der Waals surface area (Å²) in [6, 6.07) is 10.6. The standard InChI is InChI=1S/C35H47Cl2N5O4S/c1-24-21-25(2)40-33-27(24)9-8-10-30(33)46-23-28-29(36)11-12-31(32(28)37)47(44,45)41-35(15-4-5-16-35)34(43)42-19-13-26(14-20-42)22-39-18-7-3-6-17-38/h8-12,21,26,39,41H,3-7,13-20,22-23,38H2,1-2H3. The Kier molecular flexibility index (Phi) is 12.1. The fourth-order valence-corrected chi connectivity index (χ4v) is 9.22. The molecule has 47 heavy (non-hydrogen) atoms. The molecule has 1 saturated carbocycles. The van der Waals surface area contributed by atoms with Gasteiger partial charge in [0.05, 0.1) is 5.02 Å². The maximum Gasteiger partial charge on any atom is 0.243 e. The van der Waals surface area contributed by atoms with Crippen LogP contribution in [0.5, 0.6) is 5.75 Å². The number of likely N-dealkylation sites (tertiary alicyclic amines) is 1. The second-order valence-corrected chi connectivity index (χ2v) is 15.5. The number of nitrogens with zero attached hydrogens (tertiary/aromatic N) is 2. The summed E-state index contributed by atoms with van der Waals surface area (Å²) in [5.41, 5.74) is 7.38. The molecule has 1 aliphatic carbocycles. The lowest BCUT2D eigenvalue weighted by Gasteiger charge is -2.38. The molecule has 1 aromatic heterocycles. The third-order valence-corrected chi connectivity index (χ3v) is 12.0. The van der Waals surface area contributed by atoms with Crippen molar-refractivity contribution < 1.29 is 17.9 Å². The second-order valence-electron chi connectivity index (χ2n) is 13.0. The van der Waals surface area contributed by atoms with Gasteiger partial charge in [0.1, 0.15) is 28.3 Å². The van der Waals surface area contributed by atoms with Crippen LogP contribution in [0.3, 0.4) is 0 Å². The summed E-state index contributed by atoms with van der Waals surface area (Å²) < 4.78 is 36.9. The van der Waals surface area contributed by atoms with E-state index in [9.17, 15) is 13.2 Å². The lowest BCUT2D eigenvalue weighted by atomic mass is 9.92. The molecule has 0 unspecified atom stereocenters. The minimum absolute atomic E-state index is 0.0255. The molecule has 2 heterocycles. The predicted octanol–water partition coefficient (Wildman–Crippen LogP) is 6.29. The maximum atomic E-state index is 14.0. The highest BCUT2D eigenvalue weighted by molar-refractivity contribution is 7.89. The van der Waals surface area contributed by atoms with E-state index in [-0.39, 0.29) is 27.5 Å². The molecule has 0 radical (unpaired) electrons. The number of hydrogen-bond acceptors (Lipinski definition) is 7. The Morgan fingerprint density at radius 2 is 1.83 bits per heavy atom. The number of piperidine rings is 1. The minimum atomic E-state index is -4.19. The number of hydrogen-bond donors (Lipinski definition) is 3. The van der Waals surface area contributed by atoms with Crippen molar-refractivity contribution in [2.45, 2.75) is 88.7 Å². The Morgan fingerprint density at radius 1 is 1.09 bits per heavy atom. The van der Waals surface area contributed by atoms with E-state index in [1.165, 1.54) is 12.1 Å². The summed E-state index contributed by atoms with van der Waals surface area (Å²) in [4.78, 5) is 20.4. The number of ether oxygens (including phenoxy) is 1. The summed E-state index contributed by atoms with van der Waals surface area (Å²) in [7, 11) is -4.19. The molecule has 0 spiro atoms. The molecular formula is C35H47Cl2N5O4S. The van der Waals surface area contributed by atoms with Crippen LogP contribution in [0.1, 0.15) is 74.6 Å². The van der Waals surface area contributed by atoms with Crippen LogP contribution in [0.25, 0.3) is 10.9 Å². The van der Waals surface area contributed by atoms with Gasteiger partial charge in [0, 0.05) is 34.8 Å². The van der Waals surface area contributed by atoms with Crippen molar-refractivity contribution in [1.82, 2.24) is 19.9 Å². The number of benzene rings is 2. The zero-order valence-corrected chi connectivity index (χ0v) is 29.7. The van der Waals surface area contributed by atoms with Crippen LogP contribution in [0.4, 0.5) is 0 Å². The molecule has 1 saturated heterocycles. The van der Waals surface area contributed by atoms with Gasteiger partial charge in [0.15, 0.2) is 0 Å². The van der Waals surface area contributed by atoms with Gasteiger partial charge >= 0.3 is 0 Å². The smallest absolute Gasteiger partial charge is 0.243 e. The number of fused-ring (bicyclic) bond motifs is 1. The zero-order valence-electron chi connectivity index (χ0n) is 27.4. The molecule has 2 aliphatic rings. The predicted molar refractivity (Wildman–Crippen MR) is 189 cm³/mol. The van der Waals surface area contributed by atoms with Gasteiger partial charge in [-0.1, -0.05) is 54.6 Å². The maximum absolute atomic E-state index is 14.0. The number of aromatic nitrogens is 1. The highest BCUT2D eigenvalue weighted by atomic mass is 35.5. The molecule has 1 amide bonds. The van der Waals surface area contributed by atoms with Gasteiger partial charge in [-0.15, -0.1) is 0 Å². The molecule has 9 nitrogen and oxygen atoms in total. The number of para-hydroxylation sites is 1. The number of rotatable bonds is 14. The molecule has 1 aliphatic heterocycles. The van der Waals surface area contributed by atoms with Crippen LogP contribution in [-0.4, -0.2) is 62.5 Å². The monoisotopic (exact) mass is 703 g/mol. The highest BCUT2D eigenvalue weighted by Crippen LogP contribution is 2.38. The number of carbonyl (C=O) groups is 1. The van der Waals surface area contributed by atoms with Gasteiger partial charge in [-0.25, -0.2) is 13.4 Å². The molecule has 2 fully saturated rings. The first-order valence-electron chi connectivity index (χ1n) is 16.8. The van der Waals surface area contributed by atoms with Gasteiger partial charge in [0.25, 0.3) is 0 Å². The van der Waals surface area contributed by atoms with E-state index in [0.717, 1.165) is 81.2 Å². The Balaban J connectivity index is 1.27. The van der Waals surface area contributed by atoms with Gasteiger partial charge in [0.2, 0.25) is 15.9 Å². The van der Waals surface area contributed by atoms with Gasteiger partial charge in [-0.2, -0.15) is 4.72 Å². The summed E-state index contributed by atoms with van der Waals surface area (Å²) in [5.74, 6) is 0.899. The number of sulfonamides is 1. The summed E-state index contributed by atoms with van der Waals surface area (Å²) in [6.45, 7) is 7.76. The zero-order chi connectivity index (χ0) is 33.6. The first-order valence-corrected chi connectivity index (χ1v) is 19.0. The SMILES string of the molecule is Cc1cc(C)c2cccc(OCc3c(Cl)ccc(S(=O)(=O)NC4(C(=O)N5CCC(CNCCCCCN)CC5)CCCC4)c3Cl)c2n1. The van der Waals surface area contributed by atoms with Crippen molar-refractivity contribution >= 4 is 50.0 Å². The van der Waals surface area contributed by atoms with Crippen molar-refractivity contribution in [3.8, 4) is 5.75 Å². The van der Waals surface area contributed by atoms with Crippen molar-refractivity contribution in [3.05, 3.63) is 63.3 Å². The number of nitrogens with two attached hydrogens (primary N) is 1. The molecular weight excluding hydrogens is 657 g/mol. The van der Waals surface area contributed by atoms with E-state index in [4.69, 9.17) is 33.7 Å². The van der Waals surface area contributed by atoms with Crippen LogP contribution in [0.2, 0.25) is 10.0 Å². The quantitative estimate of drug-likeness (QED) is 0.169. The second kappa shape index (κ2) is 15.8. The van der Waals surface area contributed by atoms with E-state index in [0.29, 0.717) is 48.7 Å². The number of nitrogens with one attached hydrogen (secondary N) is 2. The minimum Gasteiger partial charge on any atom is -0.487 e. The van der Waals surface area contributed by atoms with Crippen molar-refractivity contribution in [2.24, 2.45) is 11.7 Å². The molecule has 0 atom stereocenters. The number of halogens is 2. The van der Waals surface area contributed by atoms with Gasteiger partial charge in [-0.3, -0.25) is 4.79 Å². The fraction of sp³-hybridized carbons (Fsp3) is 0.543. The average molecular weight is 705 g/mol. The van der Waals surface area contributed by atoms with E-state index >= 15 is 0 Å². The fourth-order valence-electron chi connectivity index (χ4n) is 6.91. The molecule has 3 aromatic rings. The molecule has 12 heteroatoms. The topological polar surface area (TPSA) is 127 Å². The molecule has 4 N–H and O–H groups in total. The summed E-state index contributed by atoms with van der Waals surface area (Å²) in [5, 5.41) is 4.77. The third-order valence-electron chi connectivity index (χ3n) is 9.54. The lowest BCUT2D eigenvalue weighted by Crippen LogP contribution is -2.59. The van der Waals surface area contributed by atoms with E-state index in [1.54, 1.807) is 0 Å². The number of amides is 1. The number of pyridine rings is 1. The van der Waals surface area contributed by atoms with E-state index in [2.05, 4.69) is 15.0 Å². The van der Waals surface area contributed by atoms with Crippen LogP contribution in [-0.2, 0) is 21.4 Å². The van der Waals surface area contributed by atoms with E-state index < -0.39 is 15.6 Å². The van der Waals surface area contributed by atoms with E-state index in [1.807, 2.05) is 43.0 Å². The molecule has 0 bridgehead atoms. The number of unbranched alkanes of at least 4 members (excludes halogenated alkanes) is 2. The molecule has 2 aromatic carbocycles. The lowest BCUT2D eigenvalue weighted by molar-refractivity contribution is -0.138. The van der Waals surface area contributed by atoms with Crippen LogP contribution < -0.4 is 20.5 Å². The van der Waals surface area contributed by atoms with Crippen molar-refractivity contribution in [3.63, 3.8) is 0 Å². The summed E-state index contributed by atoms with van der Waals surface area (Å²) >= 11 is 13.3. The normalized spacial score (nSPS) is 17.0. The first kappa shape index (κ1) is 35.8. The summed E-state index contributed by atoms with van der Waals surface area (Å²) in [6.07, 6.45) is 7.51. The van der Waals surface area contributed by atoms with Crippen LogP contribution in [0.15, 0.2) is 41.3 Å². The first-order chi connectivity index (χ1) is 22.5. The average Bonchev–Trinajstić information content (AvgIpc) is 3.51. The van der Waals surface area contributed by atoms with Crippen molar-refractivity contribution in [1.29, 1.82) is 0 Å². The molecule has 5 rings (SSSR count). The highest BCUT2D eigenvalue weighted by Gasteiger charge is 2.47. The number of carbonyl (C=O) groups excluding carboxylic acids is 1. The van der Waals surface area contributed by atoms with Gasteiger partial charge < -0.3 is 20.7 Å². The van der Waals surface area contributed by atoms with Crippen molar-refractivity contribution in [2.75, 3.05) is 32.7 Å². The Labute approximate surface area is 289 Å². The van der Waals surface area contributed by atoms with Gasteiger partial charge in [-0.05, 0) is 108 Å². The van der Waals surface area contributed by atoms with Crippen LogP contribution >= 0.6 is 23.2 Å².